The van der Waals surface area contributed by atoms with Gasteiger partial charge >= 0.3 is 0 Å². The first-order valence-electron chi connectivity index (χ1n) is 5.60. The SMILES string of the molecule is CS(=O)(=O)OCC[C@H]1OCCc2ccccc21. The summed E-state index contributed by atoms with van der Waals surface area (Å²) in [6, 6.07) is 8.09. The van der Waals surface area contributed by atoms with Gasteiger partial charge in [0.2, 0.25) is 0 Å². The minimum absolute atomic E-state index is 0.0540. The first-order chi connectivity index (χ1) is 8.06. The minimum Gasteiger partial charge on any atom is -0.373 e. The Kier molecular flexibility index (Phi) is 3.81. The third-order valence-electron chi connectivity index (χ3n) is 2.77. The maximum absolute atomic E-state index is 10.9. The van der Waals surface area contributed by atoms with Crippen molar-refractivity contribution in [2.45, 2.75) is 18.9 Å². The average molecular weight is 256 g/mol. The molecule has 0 saturated carbocycles. The average Bonchev–Trinajstić information content (AvgIpc) is 2.28. The Hall–Kier alpha value is -0.910. The zero-order chi connectivity index (χ0) is 12.3. The van der Waals surface area contributed by atoms with Gasteiger partial charge in [-0.25, -0.2) is 0 Å². The normalized spacial score (nSPS) is 19.9. The molecule has 94 valence electrons. The maximum atomic E-state index is 10.9. The van der Waals surface area contributed by atoms with E-state index in [-0.39, 0.29) is 12.7 Å². The van der Waals surface area contributed by atoms with E-state index in [2.05, 4.69) is 6.07 Å². The summed E-state index contributed by atoms with van der Waals surface area (Å²) in [4.78, 5) is 0. The van der Waals surface area contributed by atoms with E-state index in [1.54, 1.807) is 0 Å². The fourth-order valence-corrected chi connectivity index (χ4v) is 2.42. The smallest absolute Gasteiger partial charge is 0.264 e. The van der Waals surface area contributed by atoms with Crippen molar-refractivity contribution in [1.82, 2.24) is 0 Å². The Morgan fingerprint density at radius 3 is 2.94 bits per heavy atom. The Balaban J connectivity index is 1.99. The largest absolute Gasteiger partial charge is 0.373 e. The molecule has 0 bridgehead atoms. The van der Waals surface area contributed by atoms with E-state index in [0.29, 0.717) is 13.0 Å². The molecular weight excluding hydrogens is 240 g/mol. The molecule has 1 heterocycles. The molecule has 0 aromatic heterocycles. The van der Waals surface area contributed by atoms with Crippen molar-refractivity contribution in [2.75, 3.05) is 19.5 Å². The van der Waals surface area contributed by atoms with Crippen molar-refractivity contribution in [3.63, 3.8) is 0 Å². The molecule has 0 saturated heterocycles. The highest BCUT2D eigenvalue weighted by molar-refractivity contribution is 7.85. The van der Waals surface area contributed by atoms with Gasteiger partial charge in [0.05, 0.1) is 25.6 Å². The maximum Gasteiger partial charge on any atom is 0.264 e. The minimum atomic E-state index is -3.36. The summed E-state index contributed by atoms with van der Waals surface area (Å²) in [6.07, 6.45) is 2.48. The van der Waals surface area contributed by atoms with Gasteiger partial charge in [0.25, 0.3) is 10.1 Å². The summed E-state index contributed by atoms with van der Waals surface area (Å²) in [6.45, 7) is 0.846. The summed E-state index contributed by atoms with van der Waals surface area (Å²) in [5, 5.41) is 0. The zero-order valence-corrected chi connectivity index (χ0v) is 10.6. The van der Waals surface area contributed by atoms with Crippen LogP contribution in [0.5, 0.6) is 0 Å². The molecule has 2 rings (SSSR count). The highest BCUT2D eigenvalue weighted by Crippen LogP contribution is 2.29. The zero-order valence-electron chi connectivity index (χ0n) is 9.76. The van der Waals surface area contributed by atoms with Crippen molar-refractivity contribution in [2.24, 2.45) is 0 Å². The van der Waals surface area contributed by atoms with Crippen molar-refractivity contribution in [3.8, 4) is 0 Å². The highest BCUT2D eigenvalue weighted by atomic mass is 32.2. The fraction of sp³-hybridized carbons (Fsp3) is 0.500. The lowest BCUT2D eigenvalue weighted by Crippen LogP contribution is -2.18. The summed E-state index contributed by atoms with van der Waals surface area (Å²) in [7, 11) is -3.36. The molecule has 1 aliphatic heterocycles. The fourth-order valence-electron chi connectivity index (χ4n) is 2.02. The number of fused-ring (bicyclic) bond motifs is 1. The molecule has 4 nitrogen and oxygen atoms in total. The number of hydrogen-bond acceptors (Lipinski definition) is 4. The van der Waals surface area contributed by atoms with Crippen LogP contribution < -0.4 is 0 Å². The molecule has 0 unspecified atom stereocenters. The third-order valence-corrected chi connectivity index (χ3v) is 3.36. The van der Waals surface area contributed by atoms with E-state index >= 15 is 0 Å². The van der Waals surface area contributed by atoms with Crippen LogP contribution in [0.15, 0.2) is 24.3 Å². The number of rotatable bonds is 4. The monoisotopic (exact) mass is 256 g/mol. The second-order valence-electron chi connectivity index (χ2n) is 4.12. The van der Waals surface area contributed by atoms with Gasteiger partial charge in [-0.2, -0.15) is 8.42 Å². The highest BCUT2D eigenvalue weighted by Gasteiger charge is 2.20. The topological polar surface area (TPSA) is 52.6 Å². The van der Waals surface area contributed by atoms with Crippen molar-refractivity contribution in [1.29, 1.82) is 0 Å². The van der Waals surface area contributed by atoms with Crippen LogP contribution in [-0.4, -0.2) is 27.9 Å². The van der Waals surface area contributed by atoms with Crippen molar-refractivity contribution in [3.05, 3.63) is 35.4 Å². The molecule has 0 spiro atoms. The van der Waals surface area contributed by atoms with Crippen LogP contribution >= 0.6 is 0 Å². The molecular formula is C12H16O4S. The standard InChI is InChI=1S/C12H16O4S/c1-17(13,14)16-9-7-12-11-5-3-2-4-10(11)6-8-15-12/h2-5,12H,6-9H2,1H3/t12-/m1/s1. The summed E-state index contributed by atoms with van der Waals surface area (Å²) >= 11 is 0. The lowest BCUT2D eigenvalue weighted by atomic mass is 9.96. The molecule has 17 heavy (non-hydrogen) atoms. The van der Waals surface area contributed by atoms with Crippen LogP contribution in [0.2, 0.25) is 0 Å². The number of benzene rings is 1. The van der Waals surface area contributed by atoms with Gasteiger partial charge in [-0.15, -0.1) is 0 Å². The predicted octanol–water partition coefficient (Wildman–Crippen LogP) is 1.67. The van der Waals surface area contributed by atoms with Gasteiger partial charge in [0, 0.05) is 6.42 Å². The molecule has 0 radical (unpaired) electrons. The Morgan fingerprint density at radius 2 is 2.18 bits per heavy atom. The van der Waals surface area contributed by atoms with E-state index in [4.69, 9.17) is 8.92 Å². The summed E-state index contributed by atoms with van der Waals surface area (Å²) in [5.74, 6) is 0. The Bertz CT molecular complexity index is 481. The third kappa shape index (κ3) is 3.52. The van der Waals surface area contributed by atoms with Gasteiger partial charge in [-0.05, 0) is 17.5 Å². The predicted molar refractivity (Wildman–Crippen MR) is 64.3 cm³/mol. The molecule has 0 amide bonds. The lowest BCUT2D eigenvalue weighted by Gasteiger charge is -2.25. The van der Waals surface area contributed by atoms with Gasteiger partial charge in [0.1, 0.15) is 0 Å². The van der Waals surface area contributed by atoms with Gasteiger partial charge in [-0.1, -0.05) is 24.3 Å². The van der Waals surface area contributed by atoms with Gasteiger partial charge < -0.3 is 4.74 Å². The van der Waals surface area contributed by atoms with Crippen molar-refractivity contribution < 1.29 is 17.3 Å². The summed E-state index contributed by atoms with van der Waals surface area (Å²) < 4.78 is 32.1. The summed E-state index contributed by atoms with van der Waals surface area (Å²) in [5.41, 5.74) is 2.43. The van der Waals surface area contributed by atoms with Crippen LogP contribution in [-0.2, 0) is 25.5 Å². The molecule has 5 heteroatoms. The van der Waals surface area contributed by atoms with E-state index in [9.17, 15) is 8.42 Å². The molecule has 1 aliphatic rings. The molecule has 1 atom stereocenters. The second kappa shape index (κ2) is 5.16. The van der Waals surface area contributed by atoms with Gasteiger partial charge in [0.15, 0.2) is 0 Å². The van der Waals surface area contributed by atoms with Crippen LogP contribution in [0.3, 0.4) is 0 Å². The lowest BCUT2D eigenvalue weighted by molar-refractivity contribution is 0.0283. The Labute approximate surface area is 102 Å². The van der Waals surface area contributed by atoms with E-state index in [1.807, 2.05) is 18.2 Å². The Morgan fingerprint density at radius 1 is 1.41 bits per heavy atom. The molecule has 0 fully saturated rings. The van der Waals surface area contributed by atoms with Crippen LogP contribution in [0, 0.1) is 0 Å². The number of hydrogen-bond donors (Lipinski definition) is 0. The first kappa shape index (κ1) is 12.5. The molecule has 0 N–H and O–H groups in total. The van der Waals surface area contributed by atoms with E-state index in [1.165, 1.54) is 5.56 Å². The second-order valence-corrected chi connectivity index (χ2v) is 5.77. The molecule has 1 aromatic rings. The van der Waals surface area contributed by atoms with E-state index in [0.717, 1.165) is 18.2 Å². The quantitative estimate of drug-likeness (QED) is 0.769. The molecule has 0 aliphatic carbocycles. The van der Waals surface area contributed by atoms with Gasteiger partial charge in [-0.3, -0.25) is 4.18 Å². The van der Waals surface area contributed by atoms with Crippen LogP contribution in [0.25, 0.3) is 0 Å². The first-order valence-corrected chi connectivity index (χ1v) is 7.42. The van der Waals surface area contributed by atoms with E-state index < -0.39 is 10.1 Å². The van der Waals surface area contributed by atoms with Crippen molar-refractivity contribution >= 4 is 10.1 Å². The van der Waals surface area contributed by atoms with Crippen LogP contribution in [0.4, 0.5) is 0 Å². The van der Waals surface area contributed by atoms with Crippen LogP contribution in [0.1, 0.15) is 23.7 Å². The molecule has 1 aromatic carbocycles. The number of ether oxygens (including phenoxy) is 1.